The van der Waals surface area contributed by atoms with E-state index in [1.165, 1.54) is 18.2 Å². The smallest absolute Gasteiger partial charge is 0.271 e. The SMILES string of the molecule is Cc1ccc(NS(=O)(=O)c2ccc(Cl)c(C(=O)NNc3ccccc3)c2)cc1C. The minimum Gasteiger partial charge on any atom is -0.298 e. The van der Waals surface area contributed by atoms with Crippen LogP contribution in [0.15, 0.2) is 71.6 Å². The van der Waals surface area contributed by atoms with E-state index in [-0.39, 0.29) is 15.5 Å². The van der Waals surface area contributed by atoms with Crippen LogP contribution in [0, 0.1) is 13.8 Å². The van der Waals surface area contributed by atoms with Gasteiger partial charge in [-0.3, -0.25) is 20.4 Å². The number of nitrogens with one attached hydrogen (secondary N) is 3. The predicted molar refractivity (Wildman–Crippen MR) is 116 cm³/mol. The fraction of sp³-hybridized carbons (Fsp3) is 0.0952. The Kier molecular flexibility index (Phi) is 6.10. The largest absolute Gasteiger partial charge is 0.298 e. The van der Waals surface area contributed by atoms with E-state index < -0.39 is 15.9 Å². The zero-order valence-corrected chi connectivity index (χ0v) is 17.4. The molecule has 0 aliphatic rings. The van der Waals surface area contributed by atoms with Gasteiger partial charge in [0.15, 0.2) is 0 Å². The van der Waals surface area contributed by atoms with Gasteiger partial charge >= 0.3 is 0 Å². The molecule has 0 saturated carbocycles. The van der Waals surface area contributed by atoms with Crippen LogP contribution in [0.25, 0.3) is 0 Å². The fourth-order valence-corrected chi connectivity index (χ4v) is 3.86. The summed E-state index contributed by atoms with van der Waals surface area (Å²) < 4.78 is 28.1. The van der Waals surface area contributed by atoms with Crippen LogP contribution in [0.2, 0.25) is 5.02 Å². The highest BCUT2D eigenvalue weighted by molar-refractivity contribution is 7.92. The Morgan fingerprint density at radius 1 is 0.862 bits per heavy atom. The van der Waals surface area contributed by atoms with Gasteiger partial charge in [-0.1, -0.05) is 35.9 Å². The van der Waals surface area contributed by atoms with Crippen molar-refractivity contribution in [3.8, 4) is 0 Å². The second-order valence-corrected chi connectivity index (χ2v) is 8.58. The van der Waals surface area contributed by atoms with Gasteiger partial charge in [0, 0.05) is 5.69 Å². The van der Waals surface area contributed by atoms with Crippen LogP contribution in [0.5, 0.6) is 0 Å². The molecular weight excluding hydrogens is 410 g/mol. The molecule has 0 radical (unpaired) electrons. The number of hydrogen-bond donors (Lipinski definition) is 3. The molecule has 0 aliphatic heterocycles. The highest BCUT2D eigenvalue weighted by atomic mass is 35.5. The first-order valence-electron chi connectivity index (χ1n) is 8.77. The molecule has 3 rings (SSSR count). The van der Waals surface area contributed by atoms with Crippen LogP contribution < -0.4 is 15.6 Å². The number of sulfonamides is 1. The van der Waals surface area contributed by atoms with Crippen molar-refractivity contribution < 1.29 is 13.2 Å². The van der Waals surface area contributed by atoms with Crippen molar-refractivity contribution in [2.75, 3.05) is 10.1 Å². The van der Waals surface area contributed by atoms with E-state index in [1.54, 1.807) is 24.3 Å². The van der Waals surface area contributed by atoms with Crippen molar-refractivity contribution in [1.82, 2.24) is 5.43 Å². The minimum absolute atomic E-state index is 0.0399. The number of rotatable bonds is 6. The number of hydrogen-bond acceptors (Lipinski definition) is 4. The second kappa shape index (κ2) is 8.55. The zero-order valence-electron chi connectivity index (χ0n) is 15.9. The fourth-order valence-electron chi connectivity index (χ4n) is 2.58. The van der Waals surface area contributed by atoms with Crippen molar-refractivity contribution in [2.24, 2.45) is 0 Å². The number of aryl methyl sites for hydroxylation is 2. The van der Waals surface area contributed by atoms with E-state index in [0.717, 1.165) is 11.1 Å². The molecule has 0 aromatic heterocycles. The van der Waals surface area contributed by atoms with Gasteiger partial charge in [0.05, 0.1) is 21.2 Å². The highest BCUT2D eigenvalue weighted by Gasteiger charge is 2.19. The maximum absolute atomic E-state index is 12.8. The van der Waals surface area contributed by atoms with Gasteiger partial charge in [0.1, 0.15) is 0 Å². The number of carbonyl (C=O) groups excluding carboxylic acids is 1. The summed E-state index contributed by atoms with van der Waals surface area (Å²) in [5.74, 6) is -0.554. The zero-order chi connectivity index (χ0) is 21.0. The summed E-state index contributed by atoms with van der Waals surface area (Å²) in [6.45, 7) is 3.85. The second-order valence-electron chi connectivity index (χ2n) is 6.49. The molecule has 29 heavy (non-hydrogen) atoms. The third-order valence-electron chi connectivity index (χ3n) is 4.35. The molecule has 0 unspecified atom stereocenters. The van der Waals surface area contributed by atoms with Crippen LogP contribution in [0.1, 0.15) is 21.5 Å². The van der Waals surface area contributed by atoms with Crippen LogP contribution in [-0.2, 0) is 10.0 Å². The van der Waals surface area contributed by atoms with Gasteiger partial charge in [-0.15, -0.1) is 0 Å². The van der Waals surface area contributed by atoms with Crippen molar-refractivity contribution in [3.05, 3.63) is 88.4 Å². The van der Waals surface area contributed by atoms with E-state index in [0.29, 0.717) is 11.4 Å². The molecular formula is C21H20ClN3O3S. The maximum Gasteiger partial charge on any atom is 0.271 e. The monoisotopic (exact) mass is 429 g/mol. The Bertz CT molecular complexity index is 1150. The average molecular weight is 430 g/mol. The van der Waals surface area contributed by atoms with E-state index >= 15 is 0 Å². The number of halogens is 1. The van der Waals surface area contributed by atoms with Crippen molar-refractivity contribution >= 4 is 38.9 Å². The van der Waals surface area contributed by atoms with Crippen LogP contribution in [0.4, 0.5) is 11.4 Å². The summed E-state index contributed by atoms with van der Waals surface area (Å²) in [6, 6.07) is 18.3. The molecule has 150 valence electrons. The number of benzene rings is 3. The standard InChI is InChI=1S/C21H20ClN3O3S/c1-14-8-9-17(12-15(14)2)25-29(27,28)18-10-11-20(22)19(13-18)21(26)24-23-16-6-4-3-5-7-16/h3-13,23,25H,1-2H3,(H,24,26). The van der Waals surface area contributed by atoms with Crippen LogP contribution >= 0.6 is 11.6 Å². The Labute approximate surface area is 174 Å². The van der Waals surface area contributed by atoms with Crippen molar-refractivity contribution in [1.29, 1.82) is 0 Å². The molecule has 1 amide bonds. The normalized spacial score (nSPS) is 11.0. The lowest BCUT2D eigenvalue weighted by Gasteiger charge is -2.13. The molecule has 0 aliphatic carbocycles. The number of carbonyl (C=O) groups is 1. The van der Waals surface area contributed by atoms with Gasteiger partial charge in [0.2, 0.25) is 0 Å². The van der Waals surface area contributed by atoms with E-state index in [4.69, 9.17) is 11.6 Å². The number of hydrazine groups is 1. The predicted octanol–water partition coefficient (Wildman–Crippen LogP) is 4.51. The van der Waals surface area contributed by atoms with Gasteiger partial charge in [-0.05, 0) is 67.4 Å². The molecule has 0 saturated heterocycles. The molecule has 0 bridgehead atoms. The number of para-hydroxylation sites is 1. The third kappa shape index (κ3) is 5.07. The third-order valence-corrected chi connectivity index (χ3v) is 6.05. The number of anilines is 2. The first kappa shape index (κ1) is 20.7. The summed E-state index contributed by atoms with van der Waals surface area (Å²) in [4.78, 5) is 12.4. The average Bonchev–Trinajstić information content (AvgIpc) is 2.69. The van der Waals surface area contributed by atoms with E-state index in [1.807, 2.05) is 38.1 Å². The van der Waals surface area contributed by atoms with Crippen molar-refractivity contribution in [2.45, 2.75) is 18.7 Å². The first-order chi connectivity index (χ1) is 13.8. The van der Waals surface area contributed by atoms with Gasteiger partial charge in [0.25, 0.3) is 15.9 Å². The molecule has 3 N–H and O–H groups in total. The summed E-state index contributed by atoms with van der Waals surface area (Å²) in [6.07, 6.45) is 0. The lowest BCUT2D eigenvalue weighted by atomic mass is 10.1. The summed E-state index contributed by atoms with van der Waals surface area (Å²) in [7, 11) is -3.89. The summed E-state index contributed by atoms with van der Waals surface area (Å²) >= 11 is 6.12. The first-order valence-corrected chi connectivity index (χ1v) is 10.6. The lowest BCUT2D eigenvalue weighted by Crippen LogP contribution is -2.29. The molecule has 0 spiro atoms. The molecule has 3 aromatic carbocycles. The summed E-state index contributed by atoms with van der Waals surface area (Å²) in [5, 5.41) is 0.141. The quantitative estimate of drug-likeness (QED) is 0.503. The van der Waals surface area contributed by atoms with Crippen molar-refractivity contribution in [3.63, 3.8) is 0 Å². The molecule has 6 nitrogen and oxygen atoms in total. The van der Waals surface area contributed by atoms with E-state index in [2.05, 4.69) is 15.6 Å². The Balaban J connectivity index is 1.81. The molecule has 0 atom stereocenters. The van der Waals surface area contributed by atoms with E-state index in [9.17, 15) is 13.2 Å². The number of amides is 1. The molecule has 8 heteroatoms. The Hall–Kier alpha value is -3.03. The van der Waals surface area contributed by atoms with Gasteiger partial charge in [-0.25, -0.2) is 8.42 Å². The Morgan fingerprint density at radius 3 is 2.28 bits per heavy atom. The van der Waals surface area contributed by atoms with Gasteiger partial charge in [-0.2, -0.15) is 0 Å². The highest BCUT2D eigenvalue weighted by Crippen LogP contribution is 2.23. The lowest BCUT2D eigenvalue weighted by molar-refractivity contribution is 0.0962. The topological polar surface area (TPSA) is 87.3 Å². The Morgan fingerprint density at radius 2 is 1.59 bits per heavy atom. The molecule has 0 fully saturated rings. The minimum atomic E-state index is -3.89. The van der Waals surface area contributed by atoms with Gasteiger partial charge < -0.3 is 0 Å². The maximum atomic E-state index is 12.8. The van der Waals surface area contributed by atoms with Crippen LogP contribution in [-0.4, -0.2) is 14.3 Å². The summed E-state index contributed by atoms with van der Waals surface area (Å²) in [5.41, 5.74) is 8.45. The molecule has 3 aromatic rings. The van der Waals surface area contributed by atoms with Crippen LogP contribution in [0.3, 0.4) is 0 Å². The molecule has 0 heterocycles.